The van der Waals surface area contributed by atoms with Crippen LogP contribution in [0.25, 0.3) is 22.0 Å². The van der Waals surface area contributed by atoms with E-state index in [1.807, 2.05) is 60.7 Å². The van der Waals surface area contributed by atoms with E-state index in [0.717, 1.165) is 40.7 Å². The molecule has 0 radical (unpaired) electrons. The van der Waals surface area contributed by atoms with Gasteiger partial charge in [-0.3, -0.25) is 14.6 Å². The average Bonchev–Trinajstić information content (AvgIpc) is 2.87. The van der Waals surface area contributed by atoms with E-state index in [2.05, 4.69) is 11.9 Å². The molecule has 0 unspecified atom stereocenters. The van der Waals surface area contributed by atoms with Gasteiger partial charge in [0.2, 0.25) is 11.1 Å². The molecule has 7 nitrogen and oxygen atoms in total. The van der Waals surface area contributed by atoms with Crippen LogP contribution in [-0.4, -0.2) is 28.9 Å². The summed E-state index contributed by atoms with van der Waals surface area (Å²) >= 11 is 1.52. The number of fused-ring (bicyclic) bond motifs is 4. The molecule has 0 bridgehead atoms. The predicted molar refractivity (Wildman–Crippen MR) is 138 cm³/mol. The van der Waals surface area contributed by atoms with Crippen LogP contribution in [0.15, 0.2) is 70.6 Å². The van der Waals surface area contributed by atoms with Crippen LogP contribution >= 0.6 is 11.8 Å². The third kappa shape index (κ3) is 3.97. The molecule has 1 amide bonds. The summed E-state index contributed by atoms with van der Waals surface area (Å²) in [4.78, 5) is 31.3. The summed E-state index contributed by atoms with van der Waals surface area (Å²) in [5.41, 5.74) is 2.43. The fourth-order valence-electron chi connectivity index (χ4n) is 4.67. The maximum Gasteiger partial charge on any atom is 0.325 e. The Labute approximate surface area is 207 Å². The number of carbonyl (C=O) groups is 1. The molecule has 0 aliphatic carbocycles. The zero-order valence-corrected chi connectivity index (χ0v) is 20.8. The second kappa shape index (κ2) is 9.54. The van der Waals surface area contributed by atoms with Gasteiger partial charge >= 0.3 is 11.3 Å². The van der Waals surface area contributed by atoms with E-state index in [-0.39, 0.29) is 11.5 Å². The van der Waals surface area contributed by atoms with E-state index in [1.54, 1.807) is 23.6 Å². The Morgan fingerprint density at radius 2 is 1.86 bits per heavy atom. The topological polar surface area (TPSA) is 79.2 Å². The molecule has 0 saturated carbocycles. The summed E-state index contributed by atoms with van der Waals surface area (Å²) in [6, 6.07) is 19.3. The number of H-pyrrole nitrogens is 1. The third-order valence-electron chi connectivity index (χ3n) is 6.25. The van der Waals surface area contributed by atoms with Crippen molar-refractivity contribution in [1.82, 2.24) is 10.1 Å². The van der Waals surface area contributed by atoms with Gasteiger partial charge in [-0.2, -0.15) is 0 Å². The van der Waals surface area contributed by atoms with Gasteiger partial charge in [0.25, 0.3) is 6.17 Å². The number of anilines is 1. The monoisotopic (exact) mass is 487 g/mol. The fraction of sp³-hybridized carbons (Fsp3) is 0.259. The van der Waals surface area contributed by atoms with Crippen molar-refractivity contribution >= 4 is 34.1 Å². The predicted octanol–water partition coefficient (Wildman–Crippen LogP) is 4.69. The van der Waals surface area contributed by atoms with Gasteiger partial charge in [-0.25, -0.2) is 4.90 Å². The van der Waals surface area contributed by atoms with Gasteiger partial charge in [0.05, 0.1) is 23.9 Å². The highest BCUT2D eigenvalue weighted by atomic mass is 32.2. The van der Waals surface area contributed by atoms with E-state index in [4.69, 9.17) is 9.84 Å². The fourth-order valence-corrected chi connectivity index (χ4v) is 5.61. The van der Waals surface area contributed by atoms with Crippen LogP contribution in [0.5, 0.6) is 5.75 Å². The van der Waals surface area contributed by atoms with Crippen LogP contribution in [0.4, 0.5) is 5.69 Å². The number of thioether (sulfide) groups is 1. The summed E-state index contributed by atoms with van der Waals surface area (Å²) < 4.78 is 7.32. The number of carbonyl (C=O) groups excluding carboxylic acids is 1. The number of methoxy groups -OCH3 is 1. The highest BCUT2D eigenvalue weighted by molar-refractivity contribution is 7.99. The molecule has 0 spiro atoms. The standard InChI is InChI=1S/C27H26N4O3S/c1-4-5-16-35-27-28-25(33)24-21-12-8-9-13-22(21)30(17(2)32)26(31(24)29-27)20-14-15-23(34-3)19-11-7-6-10-18(19)20/h6-15,26H,4-5,16H2,1-3H3/p+1/t26-/m0/s1. The van der Waals surface area contributed by atoms with Crippen molar-refractivity contribution in [2.75, 3.05) is 17.8 Å². The van der Waals surface area contributed by atoms with Gasteiger partial charge < -0.3 is 4.74 Å². The minimum absolute atomic E-state index is 0.136. The second-order valence-electron chi connectivity index (χ2n) is 8.44. The van der Waals surface area contributed by atoms with Gasteiger partial charge in [-0.15, -0.1) is 0 Å². The lowest BCUT2D eigenvalue weighted by Crippen LogP contribution is -2.60. The largest absolute Gasteiger partial charge is 0.496 e. The molecule has 1 aliphatic rings. The molecule has 1 atom stereocenters. The summed E-state index contributed by atoms with van der Waals surface area (Å²) in [6.07, 6.45) is 1.44. The van der Waals surface area contributed by atoms with Crippen LogP contribution in [0, 0.1) is 0 Å². The number of unbranched alkanes of at least 4 members (excludes halogenated alkanes) is 1. The first-order valence-corrected chi connectivity index (χ1v) is 12.7. The molecule has 5 rings (SSSR count). The molecular weight excluding hydrogens is 460 g/mol. The number of benzene rings is 3. The number of amides is 1. The van der Waals surface area contributed by atoms with Gasteiger partial charge in [0, 0.05) is 23.2 Å². The maximum atomic E-state index is 13.4. The Morgan fingerprint density at radius 1 is 1.11 bits per heavy atom. The van der Waals surface area contributed by atoms with Crippen LogP contribution in [-0.2, 0) is 4.79 Å². The molecule has 35 heavy (non-hydrogen) atoms. The number of aromatic amines is 1. The van der Waals surface area contributed by atoms with Gasteiger partial charge in [0.1, 0.15) is 5.75 Å². The zero-order valence-electron chi connectivity index (χ0n) is 19.9. The molecule has 0 fully saturated rings. The number of nitrogens with one attached hydrogen (secondary N) is 1. The summed E-state index contributed by atoms with van der Waals surface area (Å²) in [5, 5.41) is 7.29. The molecule has 3 aromatic carbocycles. The molecular formula is C27H27N4O3S+. The first kappa shape index (κ1) is 23.1. The molecule has 2 heterocycles. The Morgan fingerprint density at radius 3 is 2.60 bits per heavy atom. The highest BCUT2D eigenvalue weighted by Gasteiger charge is 2.45. The number of aromatic nitrogens is 3. The summed E-state index contributed by atoms with van der Waals surface area (Å²) in [7, 11) is 1.64. The van der Waals surface area contributed by atoms with Gasteiger partial charge in [0.15, 0.2) is 0 Å². The number of hydrogen-bond donors (Lipinski definition) is 1. The van der Waals surface area contributed by atoms with Crippen molar-refractivity contribution in [1.29, 1.82) is 0 Å². The lowest BCUT2D eigenvalue weighted by molar-refractivity contribution is -0.762. The van der Waals surface area contributed by atoms with Crippen molar-refractivity contribution in [2.45, 2.75) is 38.0 Å². The number of hydrogen-bond acceptors (Lipinski definition) is 5. The smallest absolute Gasteiger partial charge is 0.325 e. The first-order valence-electron chi connectivity index (χ1n) is 11.7. The minimum Gasteiger partial charge on any atom is -0.496 e. The number of rotatable bonds is 6. The van der Waals surface area contributed by atoms with Crippen molar-refractivity contribution in [2.24, 2.45) is 0 Å². The molecule has 178 valence electrons. The first-order chi connectivity index (χ1) is 17.0. The highest BCUT2D eigenvalue weighted by Crippen LogP contribution is 2.40. The molecule has 1 aromatic heterocycles. The van der Waals surface area contributed by atoms with Crippen LogP contribution < -0.4 is 19.9 Å². The van der Waals surface area contributed by atoms with E-state index in [9.17, 15) is 9.59 Å². The normalized spacial score (nSPS) is 14.5. The zero-order chi connectivity index (χ0) is 24.5. The second-order valence-corrected chi connectivity index (χ2v) is 9.52. The van der Waals surface area contributed by atoms with Crippen molar-refractivity contribution in [3.63, 3.8) is 0 Å². The third-order valence-corrected chi connectivity index (χ3v) is 7.20. The average molecular weight is 488 g/mol. The van der Waals surface area contributed by atoms with E-state index in [0.29, 0.717) is 22.1 Å². The molecule has 8 heteroatoms. The van der Waals surface area contributed by atoms with Crippen molar-refractivity contribution in [3.05, 3.63) is 76.6 Å². The number of para-hydroxylation sites is 1. The summed E-state index contributed by atoms with van der Waals surface area (Å²) in [6.45, 7) is 3.68. The van der Waals surface area contributed by atoms with Gasteiger partial charge in [-0.05, 0) is 40.8 Å². The minimum atomic E-state index is -0.638. The number of nitrogens with zero attached hydrogens (tertiary/aromatic N) is 3. The van der Waals surface area contributed by atoms with Gasteiger partial charge in [-0.1, -0.05) is 61.5 Å². The van der Waals surface area contributed by atoms with Crippen LogP contribution in [0.2, 0.25) is 0 Å². The quantitative estimate of drug-likeness (QED) is 0.242. The van der Waals surface area contributed by atoms with Crippen molar-refractivity contribution in [3.8, 4) is 17.0 Å². The molecule has 1 N–H and O–H groups in total. The molecule has 1 aliphatic heterocycles. The lowest BCUT2D eigenvalue weighted by atomic mass is 9.97. The molecule has 4 aromatic rings. The lowest BCUT2D eigenvalue weighted by Gasteiger charge is -2.32. The Hall–Kier alpha value is -3.65. The SMILES string of the molecule is CCCCSc1n[n+]2c(c(=O)[nH]1)-c1ccccc1N(C(C)=O)[C@@H]2c1ccc(OC)c2ccccc12. The van der Waals surface area contributed by atoms with E-state index in [1.165, 1.54) is 11.8 Å². The molecule has 0 saturated heterocycles. The maximum absolute atomic E-state index is 13.4. The Kier molecular flexibility index (Phi) is 6.30. The van der Waals surface area contributed by atoms with E-state index < -0.39 is 6.17 Å². The van der Waals surface area contributed by atoms with E-state index >= 15 is 0 Å². The Bertz CT molecular complexity index is 1480. The van der Waals surface area contributed by atoms with Crippen molar-refractivity contribution < 1.29 is 14.2 Å². The summed E-state index contributed by atoms with van der Waals surface area (Å²) in [5.74, 6) is 1.46. The van der Waals surface area contributed by atoms with Crippen LogP contribution in [0.1, 0.15) is 38.4 Å². The Balaban J connectivity index is 1.82. The number of ether oxygens (including phenoxy) is 1. The van der Waals surface area contributed by atoms with Crippen LogP contribution in [0.3, 0.4) is 0 Å².